The average molecular weight is 207 g/mol. The number of hydrogen-bond acceptors (Lipinski definition) is 2. The molecule has 0 aliphatic heterocycles. The minimum absolute atomic E-state index is 0.463. The summed E-state index contributed by atoms with van der Waals surface area (Å²) in [6, 6.07) is 2.31. The van der Waals surface area contributed by atoms with Crippen LogP contribution in [0, 0.1) is 0 Å². The molecule has 1 saturated carbocycles. The fourth-order valence-corrected chi connectivity index (χ4v) is 2.28. The molecule has 1 aromatic heterocycles. The van der Waals surface area contributed by atoms with Crippen molar-refractivity contribution < 1.29 is 4.79 Å². The third-order valence-corrected chi connectivity index (χ3v) is 3.05. The molecule has 1 aliphatic carbocycles. The van der Waals surface area contributed by atoms with Crippen molar-refractivity contribution in [2.24, 2.45) is 0 Å². The Morgan fingerprint density at radius 1 is 1.33 bits per heavy atom. The second-order valence-electron chi connectivity index (χ2n) is 4.07. The van der Waals surface area contributed by atoms with Crippen molar-refractivity contribution in [2.45, 2.75) is 44.6 Å². The topological polar surface area (TPSA) is 46.9 Å². The van der Waals surface area contributed by atoms with Crippen molar-refractivity contribution in [3.05, 3.63) is 12.3 Å². The first kappa shape index (κ1) is 10.2. The summed E-state index contributed by atoms with van der Waals surface area (Å²) < 4.78 is 1.96. The zero-order valence-corrected chi connectivity index (χ0v) is 8.85. The Balaban J connectivity index is 2.11. The van der Waals surface area contributed by atoms with Gasteiger partial charge in [0, 0.05) is 6.07 Å². The van der Waals surface area contributed by atoms with Crippen LogP contribution in [0.4, 0.5) is 5.82 Å². The minimum Gasteiger partial charge on any atom is -0.314 e. The number of rotatable bonds is 3. The molecule has 0 aromatic carbocycles. The summed E-state index contributed by atoms with van der Waals surface area (Å²) >= 11 is 0. The Labute approximate surface area is 89.7 Å². The van der Waals surface area contributed by atoms with Crippen molar-refractivity contribution in [1.82, 2.24) is 9.78 Å². The molecule has 1 fully saturated rings. The van der Waals surface area contributed by atoms with Crippen LogP contribution in [0.2, 0.25) is 0 Å². The first-order valence-corrected chi connectivity index (χ1v) is 5.65. The summed E-state index contributed by atoms with van der Waals surface area (Å²) in [6.07, 6.45) is 10.0. The quantitative estimate of drug-likeness (QED) is 0.611. The van der Waals surface area contributed by atoms with Gasteiger partial charge in [-0.25, -0.2) is 4.68 Å². The number of amides is 1. The molecular weight excluding hydrogens is 190 g/mol. The molecule has 4 nitrogen and oxygen atoms in total. The highest BCUT2D eigenvalue weighted by molar-refractivity contribution is 5.68. The van der Waals surface area contributed by atoms with E-state index in [1.54, 1.807) is 6.20 Å². The Bertz CT molecular complexity index is 313. The van der Waals surface area contributed by atoms with Gasteiger partial charge in [0.05, 0.1) is 12.2 Å². The van der Waals surface area contributed by atoms with E-state index in [2.05, 4.69) is 10.4 Å². The monoisotopic (exact) mass is 207 g/mol. The normalized spacial score (nSPS) is 18.4. The molecule has 1 amide bonds. The number of nitrogens with zero attached hydrogens (tertiary/aromatic N) is 2. The summed E-state index contributed by atoms with van der Waals surface area (Å²) in [5, 5.41) is 6.99. The average Bonchev–Trinajstić information content (AvgIpc) is 2.53. The molecular formula is C11H17N3O. The van der Waals surface area contributed by atoms with Crippen molar-refractivity contribution in [3.8, 4) is 0 Å². The van der Waals surface area contributed by atoms with Crippen molar-refractivity contribution in [1.29, 1.82) is 0 Å². The van der Waals surface area contributed by atoms with Crippen LogP contribution in [0.3, 0.4) is 0 Å². The van der Waals surface area contributed by atoms with Gasteiger partial charge in [-0.3, -0.25) is 4.79 Å². The highest BCUT2D eigenvalue weighted by atomic mass is 16.1. The molecule has 0 spiro atoms. The van der Waals surface area contributed by atoms with Gasteiger partial charge in [0.1, 0.15) is 5.82 Å². The Morgan fingerprint density at radius 2 is 2.07 bits per heavy atom. The van der Waals surface area contributed by atoms with Crippen LogP contribution >= 0.6 is 0 Å². The third kappa shape index (κ3) is 2.37. The zero-order chi connectivity index (χ0) is 10.5. The standard InChI is InChI=1S/C11H17N3O/c15-9-12-11-7-8-13-14(11)10-5-3-1-2-4-6-10/h7-10H,1-6H2,(H,12,15). The lowest BCUT2D eigenvalue weighted by Crippen LogP contribution is -2.13. The highest BCUT2D eigenvalue weighted by Gasteiger charge is 2.16. The van der Waals surface area contributed by atoms with E-state index in [9.17, 15) is 4.79 Å². The van der Waals surface area contributed by atoms with Crippen LogP contribution in [-0.2, 0) is 4.79 Å². The van der Waals surface area contributed by atoms with Gasteiger partial charge in [-0.1, -0.05) is 25.7 Å². The predicted molar refractivity (Wildman–Crippen MR) is 58.7 cm³/mol. The molecule has 15 heavy (non-hydrogen) atoms. The van der Waals surface area contributed by atoms with E-state index in [4.69, 9.17) is 0 Å². The van der Waals surface area contributed by atoms with E-state index in [1.807, 2.05) is 10.7 Å². The van der Waals surface area contributed by atoms with Gasteiger partial charge in [0.25, 0.3) is 0 Å². The van der Waals surface area contributed by atoms with Gasteiger partial charge in [-0.2, -0.15) is 5.10 Å². The smallest absolute Gasteiger partial charge is 0.212 e. The lowest BCUT2D eigenvalue weighted by Gasteiger charge is -2.17. The molecule has 0 atom stereocenters. The van der Waals surface area contributed by atoms with Gasteiger partial charge >= 0.3 is 0 Å². The van der Waals surface area contributed by atoms with Gasteiger partial charge in [-0.15, -0.1) is 0 Å². The maximum atomic E-state index is 10.4. The van der Waals surface area contributed by atoms with Crippen LogP contribution in [0.1, 0.15) is 44.6 Å². The molecule has 0 unspecified atom stereocenters. The molecule has 0 saturated heterocycles. The first-order chi connectivity index (χ1) is 7.42. The summed E-state index contributed by atoms with van der Waals surface area (Å²) in [6.45, 7) is 0. The molecule has 1 N–H and O–H groups in total. The molecule has 1 aliphatic rings. The number of carbonyl (C=O) groups excluding carboxylic acids is 1. The van der Waals surface area contributed by atoms with Gasteiger partial charge in [0.15, 0.2) is 0 Å². The SMILES string of the molecule is O=CNc1ccnn1C1CCCCCC1. The maximum absolute atomic E-state index is 10.4. The summed E-state index contributed by atoms with van der Waals surface area (Å²) in [4.78, 5) is 10.4. The van der Waals surface area contributed by atoms with Crippen LogP contribution in [-0.4, -0.2) is 16.2 Å². The minimum atomic E-state index is 0.463. The largest absolute Gasteiger partial charge is 0.314 e. The summed E-state index contributed by atoms with van der Waals surface area (Å²) in [5.41, 5.74) is 0. The number of carbonyl (C=O) groups is 1. The number of hydrogen-bond donors (Lipinski definition) is 1. The van der Waals surface area contributed by atoms with E-state index in [-0.39, 0.29) is 0 Å². The Kier molecular flexibility index (Phi) is 3.37. The van der Waals surface area contributed by atoms with Crippen molar-refractivity contribution >= 4 is 12.2 Å². The number of aromatic nitrogens is 2. The molecule has 1 aromatic rings. The molecule has 2 rings (SSSR count). The van der Waals surface area contributed by atoms with Gasteiger partial charge < -0.3 is 5.32 Å². The fourth-order valence-electron chi connectivity index (χ4n) is 2.28. The molecule has 4 heteroatoms. The van der Waals surface area contributed by atoms with Crippen LogP contribution in [0.15, 0.2) is 12.3 Å². The predicted octanol–water partition coefficient (Wildman–Crippen LogP) is 2.35. The van der Waals surface area contributed by atoms with Crippen LogP contribution in [0.5, 0.6) is 0 Å². The molecule has 1 heterocycles. The highest BCUT2D eigenvalue weighted by Crippen LogP contribution is 2.28. The summed E-state index contributed by atoms with van der Waals surface area (Å²) in [5.74, 6) is 0.817. The second-order valence-corrected chi connectivity index (χ2v) is 4.07. The number of nitrogens with one attached hydrogen (secondary N) is 1. The fraction of sp³-hybridized carbons (Fsp3) is 0.636. The zero-order valence-electron chi connectivity index (χ0n) is 8.85. The van der Waals surface area contributed by atoms with Crippen molar-refractivity contribution in [2.75, 3.05) is 5.32 Å². The van der Waals surface area contributed by atoms with E-state index in [1.165, 1.54) is 38.5 Å². The van der Waals surface area contributed by atoms with Crippen LogP contribution in [0.25, 0.3) is 0 Å². The number of anilines is 1. The lowest BCUT2D eigenvalue weighted by molar-refractivity contribution is -0.105. The van der Waals surface area contributed by atoms with Crippen molar-refractivity contribution in [3.63, 3.8) is 0 Å². The van der Waals surface area contributed by atoms with E-state index in [0.29, 0.717) is 12.5 Å². The third-order valence-electron chi connectivity index (χ3n) is 3.05. The Morgan fingerprint density at radius 3 is 2.73 bits per heavy atom. The van der Waals surface area contributed by atoms with E-state index >= 15 is 0 Å². The van der Waals surface area contributed by atoms with E-state index < -0.39 is 0 Å². The maximum Gasteiger partial charge on any atom is 0.212 e. The van der Waals surface area contributed by atoms with E-state index in [0.717, 1.165) is 5.82 Å². The van der Waals surface area contributed by atoms with Crippen LogP contribution < -0.4 is 5.32 Å². The molecule has 82 valence electrons. The molecule has 0 radical (unpaired) electrons. The first-order valence-electron chi connectivity index (χ1n) is 5.65. The second kappa shape index (κ2) is 4.96. The molecule has 0 bridgehead atoms. The van der Waals surface area contributed by atoms with Gasteiger partial charge in [-0.05, 0) is 12.8 Å². The van der Waals surface area contributed by atoms with Gasteiger partial charge in [0.2, 0.25) is 6.41 Å². The Hall–Kier alpha value is -1.32. The lowest BCUT2D eigenvalue weighted by atomic mass is 10.1. The summed E-state index contributed by atoms with van der Waals surface area (Å²) in [7, 11) is 0.